The van der Waals surface area contributed by atoms with Crippen LogP contribution in [0.3, 0.4) is 0 Å². The molecule has 0 bridgehead atoms. The van der Waals surface area contributed by atoms with Crippen LogP contribution < -0.4 is 0 Å². The lowest BCUT2D eigenvalue weighted by Gasteiger charge is -2.29. The number of rotatable bonds is 8. The molecular weight excluding hydrogens is 391 g/mol. The second kappa shape index (κ2) is 9.20. The Bertz CT molecular complexity index is 876. The van der Waals surface area contributed by atoms with Crippen molar-refractivity contribution in [1.29, 1.82) is 0 Å². The maximum atomic E-state index is 13.9. The van der Waals surface area contributed by atoms with Crippen LogP contribution in [0.4, 0.5) is 4.39 Å². The molecule has 2 aromatic rings. The average molecular weight is 418 g/mol. The number of halogens is 1. The van der Waals surface area contributed by atoms with Crippen molar-refractivity contribution in [3.05, 3.63) is 47.4 Å². The topological polar surface area (TPSA) is 80.9 Å². The number of hydrogen-bond acceptors (Lipinski definition) is 7. The summed E-state index contributed by atoms with van der Waals surface area (Å²) >= 11 is 0. The molecule has 0 saturated carbocycles. The van der Waals surface area contributed by atoms with E-state index < -0.39 is 0 Å². The van der Waals surface area contributed by atoms with Gasteiger partial charge in [0.15, 0.2) is 5.82 Å². The lowest BCUT2D eigenvalue weighted by atomic mass is 9.89. The molecule has 162 valence electrons. The predicted octanol–water partition coefficient (Wildman–Crippen LogP) is 1.68. The fourth-order valence-electron chi connectivity index (χ4n) is 4.69. The van der Waals surface area contributed by atoms with E-state index in [0.717, 1.165) is 18.7 Å². The highest BCUT2D eigenvalue weighted by atomic mass is 19.1. The predicted molar refractivity (Wildman–Crippen MR) is 105 cm³/mol. The van der Waals surface area contributed by atoms with E-state index in [-0.39, 0.29) is 30.3 Å². The minimum Gasteiger partial charge on any atom is -0.384 e. The summed E-state index contributed by atoms with van der Waals surface area (Å²) in [5.41, 5.74) is 0.827. The first-order valence-corrected chi connectivity index (χ1v) is 10.2. The molecule has 0 unspecified atom stereocenters. The number of ether oxygens (including phenoxy) is 2. The Hall–Kier alpha value is -2.36. The molecule has 0 N–H and O–H groups in total. The van der Waals surface area contributed by atoms with E-state index in [9.17, 15) is 9.18 Å². The van der Waals surface area contributed by atoms with Gasteiger partial charge in [-0.25, -0.2) is 4.39 Å². The molecule has 3 heterocycles. The molecule has 0 aliphatic carbocycles. The number of likely N-dealkylation sites (tertiary alicyclic amines) is 2. The summed E-state index contributed by atoms with van der Waals surface area (Å²) in [6.45, 7) is 3.37. The summed E-state index contributed by atoms with van der Waals surface area (Å²) in [4.78, 5) is 21.2. The molecule has 0 spiro atoms. The van der Waals surface area contributed by atoms with Gasteiger partial charge in [-0.2, -0.15) is 4.98 Å². The molecule has 2 aliphatic rings. The quantitative estimate of drug-likeness (QED) is 0.645. The normalized spacial score (nSPS) is 23.8. The first-order valence-electron chi connectivity index (χ1n) is 10.2. The fourth-order valence-corrected chi connectivity index (χ4v) is 4.69. The lowest BCUT2D eigenvalue weighted by molar-refractivity contribution is -0.136. The maximum absolute atomic E-state index is 13.9. The number of hydrogen-bond donors (Lipinski definition) is 0. The van der Waals surface area contributed by atoms with Crippen LogP contribution in [-0.2, 0) is 27.2 Å². The molecule has 0 radical (unpaired) electrons. The minimum atomic E-state index is -0.292. The van der Waals surface area contributed by atoms with Crippen molar-refractivity contribution in [2.75, 3.05) is 47.1 Å². The van der Waals surface area contributed by atoms with Crippen LogP contribution in [0.2, 0.25) is 0 Å². The molecule has 30 heavy (non-hydrogen) atoms. The van der Waals surface area contributed by atoms with Gasteiger partial charge in [-0.05, 0) is 23.6 Å². The van der Waals surface area contributed by atoms with Gasteiger partial charge in [-0.1, -0.05) is 17.3 Å². The molecule has 1 aromatic heterocycles. The third-order valence-corrected chi connectivity index (χ3v) is 5.92. The highest BCUT2D eigenvalue weighted by Gasteiger charge is 2.49. The Labute approximate surface area is 174 Å². The Morgan fingerprint density at radius 2 is 2.13 bits per heavy atom. The van der Waals surface area contributed by atoms with Gasteiger partial charge in [0.05, 0.1) is 19.2 Å². The summed E-state index contributed by atoms with van der Waals surface area (Å²) in [5.74, 6) is 1.38. The van der Waals surface area contributed by atoms with E-state index in [1.165, 1.54) is 19.2 Å². The first-order chi connectivity index (χ1) is 14.6. The van der Waals surface area contributed by atoms with Crippen LogP contribution in [0.5, 0.6) is 0 Å². The highest BCUT2D eigenvalue weighted by Crippen LogP contribution is 2.45. The number of carbonyl (C=O) groups is 1. The Kier molecular flexibility index (Phi) is 6.40. The smallest absolute Gasteiger partial charge is 0.249 e. The van der Waals surface area contributed by atoms with E-state index >= 15 is 0 Å². The van der Waals surface area contributed by atoms with E-state index in [4.69, 9.17) is 14.0 Å². The van der Waals surface area contributed by atoms with E-state index in [2.05, 4.69) is 15.0 Å². The van der Waals surface area contributed by atoms with Gasteiger partial charge in [-0.15, -0.1) is 0 Å². The molecule has 8 nitrogen and oxygen atoms in total. The van der Waals surface area contributed by atoms with Gasteiger partial charge in [0.1, 0.15) is 12.4 Å². The molecule has 1 aromatic carbocycles. The van der Waals surface area contributed by atoms with Crippen LogP contribution in [0, 0.1) is 17.7 Å². The van der Waals surface area contributed by atoms with Crippen molar-refractivity contribution in [2.45, 2.75) is 19.0 Å². The fraction of sp³-hybridized carbons (Fsp3) is 0.571. The zero-order chi connectivity index (χ0) is 21.1. The SMILES string of the molecule is COCCc1noc(CN2C[C@@H]3CN(C(=O)COC)[C@@H](c4cccc(F)c4)[C@@H]3C2)n1. The van der Waals surface area contributed by atoms with Gasteiger partial charge < -0.3 is 18.9 Å². The summed E-state index contributed by atoms with van der Waals surface area (Å²) in [5, 5.41) is 3.99. The molecule has 9 heteroatoms. The summed E-state index contributed by atoms with van der Waals surface area (Å²) in [6, 6.07) is 6.38. The summed E-state index contributed by atoms with van der Waals surface area (Å²) < 4.78 is 29.4. The zero-order valence-corrected chi connectivity index (χ0v) is 17.3. The number of methoxy groups -OCH3 is 2. The van der Waals surface area contributed by atoms with Gasteiger partial charge in [0.25, 0.3) is 0 Å². The van der Waals surface area contributed by atoms with Crippen LogP contribution in [0.25, 0.3) is 0 Å². The van der Waals surface area contributed by atoms with Gasteiger partial charge in [0.2, 0.25) is 11.8 Å². The number of amides is 1. The maximum Gasteiger partial charge on any atom is 0.249 e. The number of benzene rings is 1. The lowest BCUT2D eigenvalue weighted by Crippen LogP contribution is -2.37. The van der Waals surface area contributed by atoms with Crippen molar-refractivity contribution in [3.63, 3.8) is 0 Å². The van der Waals surface area contributed by atoms with E-state index in [1.54, 1.807) is 13.2 Å². The average Bonchev–Trinajstić information content (AvgIpc) is 3.41. The van der Waals surface area contributed by atoms with Crippen molar-refractivity contribution in [3.8, 4) is 0 Å². The second-order valence-corrected chi connectivity index (χ2v) is 7.94. The zero-order valence-electron chi connectivity index (χ0n) is 17.3. The van der Waals surface area contributed by atoms with Crippen molar-refractivity contribution in [2.24, 2.45) is 11.8 Å². The third kappa shape index (κ3) is 4.38. The van der Waals surface area contributed by atoms with E-state index in [0.29, 0.717) is 43.8 Å². The molecule has 2 fully saturated rings. The van der Waals surface area contributed by atoms with E-state index in [1.807, 2.05) is 11.0 Å². The molecule has 2 saturated heterocycles. The van der Waals surface area contributed by atoms with Crippen molar-refractivity contribution in [1.82, 2.24) is 19.9 Å². The third-order valence-electron chi connectivity index (χ3n) is 5.92. The summed E-state index contributed by atoms with van der Waals surface area (Å²) in [7, 11) is 3.15. The highest BCUT2D eigenvalue weighted by molar-refractivity contribution is 5.78. The minimum absolute atomic E-state index is 0.0290. The monoisotopic (exact) mass is 418 g/mol. The molecular formula is C21H27FN4O4. The van der Waals surface area contributed by atoms with Crippen LogP contribution in [-0.4, -0.2) is 72.9 Å². The van der Waals surface area contributed by atoms with Crippen LogP contribution in [0.15, 0.2) is 28.8 Å². The van der Waals surface area contributed by atoms with Gasteiger partial charge in [-0.3, -0.25) is 9.69 Å². The second-order valence-electron chi connectivity index (χ2n) is 7.94. The van der Waals surface area contributed by atoms with Crippen LogP contribution >= 0.6 is 0 Å². The number of nitrogens with zero attached hydrogens (tertiary/aromatic N) is 4. The van der Waals surface area contributed by atoms with Gasteiger partial charge in [0, 0.05) is 46.2 Å². The molecule has 1 amide bonds. The summed E-state index contributed by atoms with van der Waals surface area (Å²) in [6.07, 6.45) is 0.615. The van der Waals surface area contributed by atoms with Gasteiger partial charge >= 0.3 is 0 Å². The Morgan fingerprint density at radius 3 is 2.90 bits per heavy atom. The Morgan fingerprint density at radius 1 is 1.27 bits per heavy atom. The Balaban J connectivity index is 1.48. The molecule has 4 rings (SSSR count). The number of aromatic nitrogens is 2. The van der Waals surface area contributed by atoms with Crippen molar-refractivity contribution >= 4 is 5.91 Å². The molecule has 3 atom stereocenters. The van der Waals surface area contributed by atoms with Crippen LogP contribution in [0.1, 0.15) is 23.3 Å². The standard InChI is InChI=1S/C21H27FN4O4/c1-28-7-6-18-23-19(30-24-18)12-25-9-15-10-26(20(27)13-29-2)21(17(15)11-25)14-4-3-5-16(22)8-14/h3-5,8,15,17,21H,6-7,9-13H2,1-2H3/t15-,17-,21+/m1/s1. The van der Waals surface area contributed by atoms with Crippen molar-refractivity contribution < 1.29 is 23.2 Å². The molecule has 2 aliphatic heterocycles. The first kappa shape index (κ1) is 20.9. The number of carbonyl (C=O) groups excluding carboxylic acids is 1. The largest absolute Gasteiger partial charge is 0.384 e. The number of fused-ring (bicyclic) bond motifs is 1.